The molecule has 0 spiro atoms. The van der Waals surface area contributed by atoms with Gasteiger partial charge in [-0.05, 0) is 17.7 Å². The van der Waals surface area contributed by atoms with E-state index in [9.17, 15) is 4.79 Å². The van der Waals surface area contributed by atoms with Crippen LogP contribution in [0.15, 0.2) is 24.5 Å². The summed E-state index contributed by atoms with van der Waals surface area (Å²) < 4.78 is 12.6. The molecule has 134 valence electrons. The number of amides is 1. The third kappa shape index (κ3) is 3.93. The van der Waals surface area contributed by atoms with E-state index in [1.54, 1.807) is 14.2 Å². The number of methoxy groups -OCH3 is 2. The van der Waals surface area contributed by atoms with E-state index in [1.165, 1.54) is 5.69 Å². The van der Waals surface area contributed by atoms with Crippen molar-refractivity contribution in [1.29, 1.82) is 0 Å². The summed E-state index contributed by atoms with van der Waals surface area (Å²) in [5, 5.41) is 2.96. The van der Waals surface area contributed by atoms with Crippen LogP contribution in [-0.4, -0.2) is 47.7 Å². The Hall–Kier alpha value is -2.54. The molecule has 0 saturated heterocycles. The van der Waals surface area contributed by atoms with Gasteiger partial charge in [0.05, 0.1) is 32.8 Å². The predicted molar refractivity (Wildman–Crippen MR) is 93.6 cm³/mol. The summed E-state index contributed by atoms with van der Waals surface area (Å²) in [6, 6.07) is 5.64. The highest BCUT2D eigenvalue weighted by molar-refractivity contribution is 5.78. The first-order valence-corrected chi connectivity index (χ1v) is 8.29. The van der Waals surface area contributed by atoms with Crippen molar-refractivity contribution in [1.82, 2.24) is 19.8 Å². The van der Waals surface area contributed by atoms with Crippen LogP contribution in [0, 0.1) is 0 Å². The number of imidazole rings is 1. The summed E-state index contributed by atoms with van der Waals surface area (Å²) in [6.45, 7) is 2.43. The van der Waals surface area contributed by atoms with E-state index in [0.29, 0.717) is 24.6 Å². The third-order valence-electron chi connectivity index (χ3n) is 4.49. The topological polar surface area (TPSA) is 68.6 Å². The molecule has 3 rings (SSSR count). The lowest BCUT2D eigenvalue weighted by atomic mass is 10.1. The van der Waals surface area contributed by atoms with Crippen molar-refractivity contribution in [3.05, 3.63) is 41.5 Å². The molecule has 0 radical (unpaired) electrons. The molecule has 1 aliphatic heterocycles. The van der Waals surface area contributed by atoms with Gasteiger partial charge in [-0.2, -0.15) is 0 Å². The Balaban J connectivity index is 1.52. The second kappa shape index (κ2) is 7.57. The summed E-state index contributed by atoms with van der Waals surface area (Å²) in [7, 11) is 5.21. The first-order chi connectivity index (χ1) is 12.1. The summed E-state index contributed by atoms with van der Waals surface area (Å²) in [5.41, 5.74) is 3.31. The van der Waals surface area contributed by atoms with Crippen LogP contribution in [0.4, 0.5) is 0 Å². The summed E-state index contributed by atoms with van der Waals surface area (Å²) in [6.07, 6.45) is 2.76. The Morgan fingerprint density at radius 2 is 2.08 bits per heavy atom. The van der Waals surface area contributed by atoms with Gasteiger partial charge < -0.3 is 19.4 Å². The first kappa shape index (κ1) is 17.3. The van der Waals surface area contributed by atoms with Crippen molar-refractivity contribution in [3.8, 4) is 11.5 Å². The normalized spacial score (nSPS) is 14.0. The van der Waals surface area contributed by atoms with Crippen LogP contribution in [0.1, 0.15) is 17.0 Å². The highest BCUT2D eigenvalue weighted by atomic mass is 16.5. The molecule has 0 saturated carbocycles. The van der Waals surface area contributed by atoms with Crippen LogP contribution in [0.25, 0.3) is 0 Å². The van der Waals surface area contributed by atoms with Crippen LogP contribution in [-0.2, 0) is 31.4 Å². The molecule has 25 heavy (non-hydrogen) atoms. The van der Waals surface area contributed by atoms with E-state index in [0.717, 1.165) is 30.8 Å². The molecule has 1 aromatic heterocycles. The minimum Gasteiger partial charge on any atom is -0.493 e. The molecular weight excluding hydrogens is 320 g/mol. The van der Waals surface area contributed by atoms with Crippen molar-refractivity contribution >= 4 is 5.91 Å². The van der Waals surface area contributed by atoms with E-state index in [-0.39, 0.29) is 5.91 Å². The van der Waals surface area contributed by atoms with E-state index >= 15 is 0 Å². The highest BCUT2D eigenvalue weighted by Crippen LogP contribution is 2.27. The molecule has 7 nitrogen and oxygen atoms in total. The van der Waals surface area contributed by atoms with Gasteiger partial charge in [0.15, 0.2) is 11.5 Å². The Morgan fingerprint density at radius 1 is 1.28 bits per heavy atom. The van der Waals surface area contributed by atoms with Gasteiger partial charge in [0, 0.05) is 38.8 Å². The number of ether oxygens (including phenoxy) is 2. The fourth-order valence-electron chi connectivity index (χ4n) is 3.10. The second-order valence-corrected chi connectivity index (χ2v) is 6.18. The van der Waals surface area contributed by atoms with Gasteiger partial charge in [-0.15, -0.1) is 0 Å². The standard InChI is InChI=1S/C18H24N4O3/c1-21-12-20-14-10-22(7-6-15(14)21)11-18(23)19-9-13-4-5-16(24-2)17(8-13)25-3/h4-5,8,12H,6-7,9-11H2,1-3H3,(H,19,23). The molecule has 0 atom stereocenters. The zero-order valence-electron chi connectivity index (χ0n) is 14.9. The van der Waals surface area contributed by atoms with Gasteiger partial charge in [0.2, 0.25) is 5.91 Å². The van der Waals surface area contributed by atoms with Crippen LogP contribution < -0.4 is 14.8 Å². The van der Waals surface area contributed by atoms with Crippen LogP contribution in [0.2, 0.25) is 0 Å². The largest absolute Gasteiger partial charge is 0.493 e. The van der Waals surface area contributed by atoms with Gasteiger partial charge in [0.1, 0.15) is 0 Å². The molecule has 7 heteroatoms. The number of hydrogen-bond donors (Lipinski definition) is 1. The lowest BCUT2D eigenvalue weighted by molar-refractivity contribution is -0.122. The lowest BCUT2D eigenvalue weighted by Crippen LogP contribution is -2.40. The van der Waals surface area contributed by atoms with E-state index < -0.39 is 0 Å². The first-order valence-electron chi connectivity index (χ1n) is 8.29. The quantitative estimate of drug-likeness (QED) is 0.850. The number of hydrogen-bond acceptors (Lipinski definition) is 5. The van der Waals surface area contributed by atoms with E-state index in [1.807, 2.05) is 31.6 Å². The number of aryl methyl sites for hydroxylation is 1. The fraction of sp³-hybridized carbons (Fsp3) is 0.444. The highest BCUT2D eigenvalue weighted by Gasteiger charge is 2.21. The Labute approximate surface area is 147 Å². The van der Waals surface area contributed by atoms with Crippen molar-refractivity contribution in [2.45, 2.75) is 19.5 Å². The average Bonchev–Trinajstić information content (AvgIpc) is 3.00. The van der Waals surface area contributed by atoms with Gasteiger partial charge >= 0.3 is 0 Å². The molecule has 1 aliphatic rings. The predicted octanol–water partition coefficient (Wildman–Crippen LogP) is 1.11. The number of carbonyl (C=O) groups is 1. The smallest absolute Gasteiger partial charge is 0.234 e. The minimum absolute atomic E-state index is 0.00849. The van der Waals surface area contributed by atoms with Crippen LogP contribution in [0.5, 0.6) is 11.5 Å². The van der Waals surface area contributed by atoms with Gasteiger partial charge in [-0.1, -0.05) is 6.07 Å². The van der Waals surface area contributed by atoms with E-state index in [4.69, 9.17) is 9.47 Å². The monoisotopic (exact) mass is 344 g/mol. The minimum atomic E-state index is 0.00849. The number of nitrogens with zero attached hydrogens (tertiary/aromatic N) is 3. The number of benzene rings is 1. The number of nitrogens with one attached hydrogen (secondary N) is 1. The SMILES string of the molecule is COc1ccc(CNC(=O)CN2CCc3c(ncn3C)C2)cc1OC. The second-order valence-electron chi connectivity index (χ2n) is 6.18. The summed E-state index contributed by atoms with van der Waals surface area (Å²) >= 11 is 0. The molecule has 0 aliphatic carbocycles. The fourth-order valence-corrected chi connectivity index (χ4v) is 3.10. The third-order valence-corrected chi connectivity index (χ3v) is 4.49. The Bertz CT molecular complexity index is 757. The molecule has 1 N–H and O–H groups in total. The zero-order chi connectivity index (χ0) is 17.8. The zero-order valence-corrected chi connectivity index (χ0v) is 14.9. The number of rotatable bonds is 6. The van der Waals surface area contributed by atoms with Gasteiger partial charge in [-0.25, -0.2) is 4.98 Å². The molecule has 2 aromatic rings. The molecule has 0 bridgehead atoms. The molecule has 1 amide bonds. The number of aromatic nitrogens is 2. The maximum atomic E-state index is 12.2. The molecule has 1 aromatic carbocycles. The van der Waals surface area contributed by atoms with Crippen molar-refractivity contribution < 1.29 is 14.3 Å². The Kier molecular flexibility index (Phi) is 5.23. The lowest BCUT2D eigenvalue weighted by Gasteiger charge is -2.26. The molecule has 2 heterocycles. The maximum Gasteiger partial charge on any atom is 0.234 e. The molecular formula is C18H24N4O3. The van der Waals surface area contributed by atoms with Crippen molar-refractivity contribution in [2.24, 2.45) is 7.05 Å². The van der Waals surface area contributed by atoms with Gasteiger partial charge in [0.25, 0.3) is 0 Å². The van der Waals surface area contributed by atoms with Crippen molar-refractivity contribution in [3.63, 3.8) is 0 Å². The van der Waals surface area contributed by atoms with Gasteiger partial charge in [-0.3, -0.25) is 9.69 Å². The Morgan fingerprint density at radius 3 is 2.84 bits per heavy atom. The maximum absolute atomic E-state index is 12.2. The average molecular weight is 344 g/mol. The summed E-state index contributed by atoms with van der Waals surface area (Å²) in [5.74, 6) is 1.35. The number of carbonyl (C=O) groups excluding carboxylic acids is 1. The van der Waals surface area contributed by atoms with E-state index in [2.05, 4.69) is 19.8 Å². The van der Waals surface area contributed by atoms with Crippen LogP contribution >= 0.6 is 0 Å². The van der Waals surface area contributed by atoms with Crippen LogP contribution in [0.3, 0.4) is 0 Å². The molecule has 0 fully saturated rings. The number of fused-ring (bicyclic) bond motifs is 1. The summed E-state index contributed by atoms with van der Waals surface area (Å²) in [4.78, 5) is 18.8. The van der Waals surface area contributed by atoms with Crippen molar-refractivity contribution in [2.75, 3.05) is 27.3 Å². The molecule has 0 unspecified atom stereocenters.